The minimum absolute atomic E-state index is 0.185. The van der Waals surface area contributed by atoms with E-state index in [0.717, 1.165) is 16.7 Å². The molecule has 1 aromatic carbocycles. The summed E-state index contributed by atoms with van der Waals surface area (Å²) in [5.74, 6) is 0.433. The minimum atomic E-state index is -0.300. The predicted octanol–water partition coefficient (Wildman–Crippen LogP) is 2.57. The van der Waals surface area contributed by atoms with Crippen LogP contribution in [0.3, 0.4) is 0 Å². The number of H-pyrrole nitrogens is 1. The SMILES string of the molecule is CCN(Cc1nc2ccccc2c(=O)[nH]1)C(=O)Nc1cnc2c(c1)c(C)nn2C. The van der Waals surface area contributed by atoms with Crippen molar-refractivity contribution in [2.24, 2.45) is 7.05 Å². The van der Waals surface area contributed by atoms with Gasteiger partial charge in [-0.15, -0.1) is 0 Å². The molecule has 0 atom stereocenters. The number of nitrogens with zero attached hydrogens (tertiary/aromatic N) is 5. The zero-order valence-corrected chi connectivity index (χ0v) is 16.4. The van der Waals surface area contributed by atoms with Crippen LogP contribution in [0.4, 0.5) is 10.5 Å². The van der Waals surface area contributed by atoms with E-state index in [0.29, 0.717) is 29.0 Å². The molecular weight excluding hydrogens is 370 g/mol. The summed E-state index contributed by atoms with van der Waals surface area (Å²) in [4.78, 5) is 38.2. The zero-order valence-electron chi connectivity index (χ0n) is 16.4. The number of pyridine rings is 1. The Labute approximate surface area is 166 Å². The van der Waals surface area contributed by atoms with Gasteiger partial charge in [0.2, 0.25) is 0 Å². The van der Waals surface area contributed by atoms with Crippen molar-refractivity contribution in [2.45, 2.75) is 20.4 Å². The van der Waals surface area contributed by atoms with Crippen LogP contribution < -0.4 is 10.9 Å². The maximum atomic E-state index is 12.8. The smallest absolute Gasteiger partial charge is 0.317 e. The molecule has 4 rings (SSSR count). The molecule has 3 aromatic heterocycles. The maximum absolute atomic E-state index is 12.8. The third-order valence-electron chi connectivity index (χ3n) is 4.79. The number of amides is 2. The lowest BCUT2D eigenvalue weighted by Crippen LogP contribution is -2.35. The van der Waals surface area contributed by atoms with Gasteiger partial charge in [-0.2, -0.15) is 5.10 Å². The topological polar surface area (TPSA) is 109 Å². The van der Waals surface area contributed by atoms with Gasteiger partial charge in [0.1, 0.15) is 5.82 Å². The molecular formula is C20H21N7O2. The van der Waals surface area contributed by atoms with E-state index in [1.165, 1.54) is 0 Å². The number of aromatic amines is 1. The van der Waals surface area contributed by atoms with Crippen molar-refractivity contribution < 1.29 is 4.79 Å². The van der Waals surface area contributed by atoms with Gasteiger partial charge in [-0.1, -0.05) is 12.1 Å². The molecule has 4 aromatic rings. The number of carbonyl (C=O) groups excluding carboxylic acids is 1. The predicted molar refractivity (Wildman–Crippen MR) is 111 cm³/mol. The zero-order chi connectivity index (χ0) is 20.5. The van der Waals surface area contributed by atoms with Crippen molar-refractivity contribution in [1.82, 2.24) is 29.6 Å². The van der Waals surface area contributed by atoms with E-state index in [-0.39, 0.29) is 18.1 Å². The van der Waals surface area contributed by atoms with Crippen LogP contribution in [0.2, 0.25) is 0 Å². The number of carbonyl (C=O) groups is 1. The average Bonchev–Trinajstić information content (AvgIpc) is 2.99. The van der Waals surface area contributed by atoms with Gasteiger partial charge in [0.15, 0.2) is 5.65 Å². The molecule has 0 fully saturated rings. The van der Waals surface area contributed by atoms with Crippen LogP contribution in [-0.4, -0.2) is 42.2 Å². The summed E-state index contributed by atoms with van der Waals surface area (Å²) in [6.07, 6.45) is 1.60. The normalized spacial score (nSPS) is 11.1. The lowest BCUT2D eigenvalue weighted by molar-refractivity contribution is 0.211. The number of fused-ring (bicyclic) bond motifs is 2. The molecule has 0 bridgehead atoms. The number of urea groups is 1. The third kappa shape index (κ3) is 3.54. The minimum Gasteiger partial charge on any atom is -0.317 e. The summed E-state index contributed by atoms with van der Waals surface area (Å²) < 4.78 is 1.70. The number of aromatic nitrogens is 5. The van der Waals surface area contributed by atoms with Crippen molar-refractivity contribution >= 4 is 33.7 Å². The van der Waals surface area contributed by atoms with E-state index < -0.39 is 0 Å². The van der Waals surface area contributed by atoms with Gasteiger partial charge in [-0.05, 0) is 32.0 Å². The van der Waals surface area contributed by atoms with Crippen LogP contribution in [0.5, 0.6) is 0 Å². The van der Waals surface area contributed by atoms with Gasteiger partial charge >= 0.3 is 6.03 Å². The Hall–Kier alpha value is -3.75. The van der Waals surface area contributed by atoms with Crippen molar-refractivity contribution in [3.05, 3.63) is 58.4 Å². The Morgan fingerprint density at radius 1 is 1.28 bits per heavy atom. The Bertz CT molecular complexity index is 1280. The molecule has 3 heterocycles. The summed E-state index contributed by atoms with van der Waals surface area (Å²) in [5, 5.41) is 8.61. The van der Waals surface area contributed by atoms with Crippen LogP contribution in [0, 0.1) is 6.92 Å². The van der Waals surface area contributed by atoms with E-state index in [1.807, 2.05) is 33.0 Å². The second-order valence-corrected chi connectivity index (χ2v) is 6.78. The molecule has 0 saturated carbocycles. The number of benzene rings is 1. The summed E-state index contributed by atoms with van der Waals surface area (Å²) in [6.45, 7) is 4.40. The average molecular weight is 391 g/mol. The van der Waals surface area contributed by atoms with E-state index in [2.05, 4.69) is 25.4 Å². The van der Waals surface area contributed by atoms with E-state index >= 15 is 0 Å². The standard InChI is InChI=1S/C20H21N7O2/c1-4-27(11-17-23-16-8-6-5-7-14(16)19(28)24-17)20(29)22-13-9-15-12(2)25-26(3)18(15)21-10-13/h5-10H,4,11H2,1-3H3,(H,22,29)(H,23,24,28). The highest BCUT2D eigenvalue weighted by molar-refractivity contribution is 5.92. The lowest BCUT2D eigenvalue weighted by Gasteiger charge is -2.21. The van der Waals surface area contributed by atoms with Crippen molar-refractivity contribution in [2.75, 3.05) is 11.9 Å². The molecule has 29 heavy (non-hydrogen) atoms. The lowest BCUT2D eigenvalue weighted by atomic mass is 10.2. The van der Waals surface area contributed by atoms with Gasteiger partial charge in [-0.25, -0.2) is 14.8 Å². The number of anilines is 1. The van der Waals surface area contributed by atoms with Crippen molar-refractivity contribution in [3.63, 3.8) is 0 Å². The summed E-state index contributed by atoms with van der Waals surface area (Å²) in [5.41, 5.74) is 2.56. The highest BCUT2D eigenvalue weighted by atomic mass is 16.2. The Kier molecular flexibility index (Phi) is 4.71. The van der Waals surface area contributed by atoms with Crippen molar-refractivity contribution in [3.8, 4) is 0 Å². The molecule has 9 heteroatoms. The van der Waals surface area contributed by atoms with Crippen LogP contribution >= 0.6 is 0 Å². The number of hydrogen-bond acceptors (Lipinski definition) is 5. The van der Waals surface area contributed by atoms with E-state index in [1.54, 1.807) is 34.0 Å². The van der Waals surface area contributed by atoms with Crippen molar-refractivity contribution in [1.29, 1.82) is 0 Å². The molecule has 0 spiro atoms. The highest BCUT2D eigenvalue weighted by Crippen LogP contribution is 2.19. The quantitative estimate of drug-likeness (QED) is 0.556. The first-order chi connectivity index (χ1) is 14.0. The number of rotatable bonds is 4. The fourth-order valence-electron chi connectivity index (χ4n) is 3.30. The number of aryl methyl sites for hydroxylation is 2. The highest BCUT2D eigenvalue weighted by Gasteiger charge is 2.16. The fourth-order valence-corrected chi connectivity index (χ4v) is 3.30. The summed E-state index contributed by atoms with van der Waals surface area (Å²) >= 11 is 0. The van der Waals surface area contributed by atoms with Gasteiger partial charge in [0.25, 0.3) is 5.56 Å². The van der Waals surface area contributed by atoms with Crippen LogP contribution in [0.25, 0.3) is 21.9 Å². The molecule has 2 N–H and O–H groups in total. The summed E-state index contributed by atoms with van der Waals surface area (Å²) in [6, 6.07) is 8.67. The van der Waals surface area contributed by atoms with E-state index in [4.69, 9.17) is 0 Å². The Morgan fingerprint density at radius 3 is 2.86 bits per heavy atom. The molecule has 2 amide bonds. The summed E-state index contributed by atoms with van der Waals surface area (Å²) in [7, 11) is 1.83. The second-order valence-electron chi connectivity index (χ2n) is 6.78. The molecule has 9 nitrogen and oxygen atoms in total. The largest absolute Gasteiger partial charge is 0.322 e. The first-order valence-corrected chi connectivity index (χ1v) is 9.29. The number of para-hydroxylation sites is 1. The van der Waals surface area contributed by atoms with Gasteiger partial charge < -0.3 is 15.2 Å². The molecule has 0 unspecified atom stereocenters. The third-order valence-corrected chi connectivity index (χ3v) is 4.79. The molecule has 0 saturated heterocycles. The van der Waals surface area contributed by atoms with Crippen LogP contribution in [0.15, 0.2) is 41.3 Å². The first-order valence-electron chi connectivity index (χ1n) is 9.29. The monoisotopic (exact) mass is 391 g/mol. The van der Waals surface area contributed by atoms with Gasteiger partial charge in [0.05, 0.1) is 35.0 Å². The maximum Gasteiger partial charge on any atom is 0.322 e. The van der Waals surface area contributed by atoms with Gasteiger partial charge in [0, 0.05) is 19.0 Å². The molecule has 0 radical (unpaired) electrons. The molecule has 148 valence electrons. The molecule has 0 aliphatic rings. The number of nitrogens with one attached hydrogen (secondary N) is 2. The molecule has 0 aliphatic heterocycles. The van der Waals surface area contributed by atoms with Crippen LogP contribution in [0.1, 0.15) is 18.4 Å². The second kappa shape index (κ2) is 7.34. The number of hydrogen-bond donors (Lipinski definition) is 2. The first kappa shape index (κ1) is 18.6. The Balaban J connectivity index is 1.56. The van der Waals surface area contributed by atoms with Gasteiger partial charge in [-0.3, -0.25) is 9.48 Å². The fraction of sp³-hybridized carbons (Fsp3) is 0.250. The molecule has 0 aliphatic carbocycles. The van der Waals surface area contributed by atoms with Crippen LogP contribution in [-0.2, 0) is 13.6 Å². The Morgan fingerprint density at radius 2 is 2.07 bits per heavy atom. The van der Waals surface area contributed by atoms with E-state index in [9.17, 15) is 9.59 Å².